The maximum atomic E-state index is 13.4. The molecular formula is C33H41N5O2. The van der Waals surface area contributed by atoms with Crippen molar-refractivity contribution >= 4 is 22.8 Å². The van der Waals surface area contributed by atoms with Gasteiger partial charge in [0.05, 0.1) is 5.41 Å². The van der Waals surface area contributed by atoms with E-state index in [0.717, 1.165) is 38.9 Å². The monoisotopic (exact) mass is 539 g/mol. The Bertz CT molecular complexity index is 1470. The molecule has 0 bridgehead atoms. The van der Waals surface area contributed by atoms with E-state index in [1.807, 2.05) is 44.7 Å². The molecule has 0 aliphatic carbocycles. The Morgan fingerprint density at radius 1 is 0.925 bits per heavy atom. The summed E-state index contributed by atoms with van der Waals surface area (Å²) in [6, 6.07) is 16.4. The topological polar surface area (TPSA) is 90.1 Å². The van der Waals surface area contributed by atoms with E-state index in [0.29, 0.717) is 32.6 Å². The van der Waals surface area contributed by atoms with Gasteiger partial charge in [-0.1, -0.05) is 23.3 Å². The van der Waals surface area contributed by atoms with Crippen molar-refractivity contribution in [2.75, 3.05) is 19.6 Å². The summed E-state index contributed by atoms with van der Waals surface area (Å²) in [6.07, 6.45) is 4.07. The van der Waals surface area contributed by atoms with E-state index in [1.54, 1.807) is 12.4 Å². The van der Waals surface area contributed by atoms with Crippen LogP contribution in [0.5, 0.6) is 0 Å². The van der Waals surface area contributed by atoms with Crippen LogP contribution in [0.4, 0.5) is 4.79 Å². The molecular weight excluding hydrogens is 498 g/mol. The Labute approximate surface area is 237 Å². The molecule has 7 nitrogen and oxygen atoms in total. The molecule has 0 saturated heterocycles. The molecule has 2 aromatic carbocycles. The summed E-state index contributed by atoms with van der Waals surface area (Å²) in [7, 11) is 0. The van der Waals surface area contributed by atoms with E-state index in [-0.39, 0.29) is 11.9 Å². The molecule has 0 fully saturated rings. The quantitative estimate of drug-likeness (QED) is 0.230. The van der Waals surface area contributed by atoms with Gasteiger partial charge in [0, 0.05) is 55.2 Å². The summed E-state index contributed by atoms with van der Waals surface area (Å²) < 4.78 is 0. The van der Waals surface area contributed by atoms with Crippen molar-refractivity contribution in [3.8, 4) is 11.3 Å². The number of fused-ring (bicyclic) bond motifs is 1. The molecule has 3 amide bonds. The maximum Gasteiger partial charge on any atom is 0.315 e. The summed E-state index contributed by atoms with van der Waals surface area (Å²) in [5.41, 5.74) is 8.00. The number of likely N-dealkylation sites (N-methyl/N-ethyl adjacent to an activating group) is 1. The number of H-pyrrole nitrogens is 1. The Morgan fingerprint density at radius 3 is 2.25 bits per heavy atom. The van der Waals surface area contributed by atoms with Crippen LogP contribution < -0.4 is 10.6 Å². The first-order chi connectivity index (χ1) is 19.1. The fourth-order valence-electron chi connectivity index (χ4n) is 5.34. The Balaban J connectivity index is 1.65. The number of pyridine rings is 1. The van der Waals surface area contributed by atoms with E-state index < -0.39 is 5.41 Å². The van der Waals surface area contributed by atoms with Gasteiger partial charge in [0.25, 0.3) is 0 Å². The van der Waals surface area contributed by atoms with Crippen LogP contribution in [0, 0.1) is 13.8 Å². The maximum absolute atomic E-state index is 13.4. The van der Waals surface area contributed by atoms with Crippen LogP contribution in [0.2, 0.25) is 0 Å². The molecule has 0 saturated carbocycles. The van der Waals surface area contributed by atoms with Gasteiger partial charge in [0.2, 0.25) is 5.91 Å². The lowest BCUT2D eigenvalue weighted by Crippen LogP contribution is -2.43. The SMILES string of the molecule is CCN(CC)C(=O)C(C)(C)c1ccc2[nH]c(-c3cc(C)cc(C)c3)c(CCNC(=O)NCc3ccncc3)c2c1. The number of benzene rings is 2. The molecule has 4 rings (SSSR count). The van der Waals surface area contributed by atoms with E-state index in [9.17, 15) is 9.59 Å². The molecule has 4 aromatic rings. The zero-order chi connectivity index (χ0) is 28.9. The number of carbonyl (C=O) groups is 2. The Kier molecular flexibility index (Phi) is 8.93. The van der Waals surface area contributed by atoms with E-state index in [4.69, 9.17) is 0 Å². The van der Waals surface area contributed by atoms with Gasteiger partial charge in [-0.15, -0.1) is 0 Å². The van der Waals surface area contributed by atoms with Crippen molar-refractivity contribution in [2.24, 2.45) is 0 Å². The molecule has 0 atom stereocenters. The van der Waals surface area contributed by atoms with Crippen LogP contribution in [-0.4, -0.2) is 46.4 Å². The molecule has 210 valence electrons. The highest BCUT2D eigenvalue weighted by atomic mass is 16.2. The fourth-order valence-corrected chi connectivity index (χ4v) is 5.34. The van der Waals surface area contributed by atoms with Crippen molar-refractivity contribution in [1.82, 2.24) is 25.5 Å². The van der Waals surface area contributed by atoms with Gasteiger partial charge in [-0.05, 0) is 107 Å². The molecule has 2 aromatic heterocycles. The van der Waals surface area contributed by atoms with Crippen molar-refractivity contribution in [3.63, 3.8) is 0 Å². The third kappa shape index (κ3) is 6.36. The average molecular weight is 540 g/mol. The van der Waals surface area contributed by atoms with Gasteiger partial charge in [-0.25, -0.2) is 4.79 Å². The largest absolute Gasteiger partial charge is 0.354 e. The van der Waals surface area contributed by atoms with Crippen molar-refractivity contribution in [1.29, 1.82) is 0 Å². The second kappa shape index (κ2) is 12.4. The Morgan fingerprint density at radius 2 is 1.60 bits per heavy atom. The molecule has 0 unspecified atom stereocenters. The first-order valence-electron chi connectivity index (χ1n) is 14.1. The summed E-state index contributed by atoms with van der Waals surface area (Å²) >= 11 is 0. The molecule has 0 spiro atoms. The number of carbonyl (C=O) groups excluding carboxylic acids is 2. The number of aromatic amines is 1. The van der Waals surface area contributed by atoms with E-state index in [2.05, 4.69) is 70.8 Å². The summed E-state index contributed by atoms with van der Waals surface area (Å²) in [6.45, 7) is 14.5. The number of hydrogen-bond acceptors (Lipinski definition) is 3. The minimum atomic E-state index is -0.667. The number of amides is 3. The molecule has 0 aliphatic rings. The van der Waals surface area contributed by atoms with Crippen molar-refractivity contribution in [3.05, 3.63) is 88.7 Å². The highest BCUT2D eigenvalue weighted by molar-refractivity contribution is 5.94. The van der Waals surface area contributed by atoms with E-state index in [1.165, 1.54) is 11.1 Å². The van der Waals surface area contributed by atoms with Crippen LogP contribution in [0.1, 0.15) is 55.5 Å². The summed E-state index contributed by atoms with van der Waals surface area (Å²) in [5.74, 6) is 0.121. The first kappa shape index (κ1) is 28.9. The smallest absolute Gasteiger partial charge is 0.315 e. The molecule has 0 aliphatic heterocycles. The predicted octanol–water partition coefficient (Wildman–Crippen LogP) is 6.03. The molecule has 40 heavy (non-hydrogen) atoms. The zero-order valence-corrected chi connectivity index (χ0v) is 24.5. The highest BCUT2D eigenvalue weighted by Crippen LogP contribution is 2.35. The minimum absolute atomic E-state index is 0.121. The number of urea groups is 1. The number of aryl methyl sites for hydroxylation is 2. The number of rotatable bonds is 10. The van der Waals surface area contributed by atoms with Gasteiger partial charge >= 0.3 is 6.03 Å². The zero-order valence-electron chi connectivity index (χ0n) is 24.5. The van der Waals surface area contributed by atoms with Crippen LogP contribution in [0.25, 0.3) is 22.2 Å². The molecule has 2 heterocycles. The van der Waals surface area contributed by atoms with Crippen molar-refractivity contribution < 1.29 is 9.59 Å². The Hall–Kier alpha value is -4.13. The predicted molar refractivity (Wildman–Crippen MR) is 162 cm³/mol. The van der Waals surface area contributed by atoms with E-state index >= 15 is 0 Å². The second-order valence-corrected chi connectivity index (χ2v) is 10.9. The van der Waals surface area contributed by atoms with Gasteiger partial charge in [0.1, 0.15) is 0 Å². The lowest BCUT2D eigenvalue weighted by molar-refractivity contribution is -0.135. The third-order valence-corrected chi connectivity index (χ3v) is 7.59. The van der Waals surface area contributed by atoms with Crippen LogP contribution in [-0.2, 0) is 23.2 Å². The third-order valence-electron chi connectivity index (χ3n) is 7.59. The fraction of sp³-hybridized carbons (Fsp3) is 0.364. The minimum Gasteiger partial charge on any atom is -0.354 e. The summed E-state index contributed by atoms with van der Waals surface area (Å²) in [4.78, 5) is 35.5. The molecule has 0 radical (unpaired) electrons. The van der Waals surface area contributed by atoms with Crippen LogP contribution in [0.3, 0.4) is 0 Å². The number of nitrogens with one attached hydrogen (secondary N) is 3. The lowest BCUT2D eigenvalue weighted by atomic mass is 9.82. The first-order valence-corrected chi connectivity index (χ1v) is 14.1. The summed E-state index contributed by atoms with van der Waals surface area (Å²) in [5, 5.41) is 7.00. The normalized spacial score (nSPS) is 11.4. The van der Waals surface area contributed by atoms with Crippen molar-refractivity contribution in [2.45, 2.75) is 59.9 Å². The second-order valence-electron chi connectivity index (χ2n) is 10.9. The van der Waals surface area contributed by atoms with Gasteiger partial charge in [-0.3, -0.25) is 9.78 Å². The van der Waals surface area contributed by atoms with Gasteiger partial charge in [-0.2, -0.15) is 0 Å². The highest BCUT2D eigenvalue weighted by Gasteiger charge is 2.33. The average Bonchev–Trinajstić information content (AvgIpc) is 3.30. The number of nitrogens with zero attached hydrogens (tertiary/aromatic N) is 2. The van der Waals surface area contributed by atoms with Crippen LogP contribution in [0.15, 0.2) is 60.9 Å². The van der Waals surface area contributed by atoms with Gasteiger partial charge < -0.3 is 20.5 Å². The lowest BCUT2D eigenvalue weighted by Gasteiger charge is -2.31. The number of aromatic nitrogens is 2. The van der Waals surface area contributed by atoms with Crippen LogP contribution >= 0.6 is 0 Å². The molecule has 7 heteroatoms. The standard InChI is InChI=1S/C33H41N5O2/c1-7-38(8-2)31(39)33(5,6)26-9-10-29-28(20-26)27(30(37-29)25-18-22(3)17-23(4)19-25)13-16-35-32(40)36-21-24-11-14-34-15-12-24/h9-12,14-15,17-20,37H,7-8,13,16,21H2,1-6H3,(H2,35,36,40). The molecule has 3 N–H and O–H groups in total. The number of hydrogen-bond donors (Lipinski definition) is 3. The van der Waals surface area contributed by atoms with Gasteiger partial charge in [0.15, 0.2) is 0 Å².